The maximum Gasteiger partial charge on any atom is 0.230 e. The van der Waals surface area contributed by atoms with Gasteiger partial charge in [0.15, 0.2) is 11.0 Å². The van der Waals surface area contributed by atoms with Gasteiger partial charge in [0.25, 0.3) is 0 Å². The predicted molar refractivity (Wildman–Crippen MR) is 120 cm³/mol. The largest absolute Gasteiger partial charge is 0.497 e. The Bertz CT molecular complexity index is 1030. The third-order valence-electron chi connectivity index (χ3n) is 5.40. The van der Waals surface area contributed by atoms with Crippen LogP contribution in [0.5, 0.6) is 11.5 Å². The van der Waals surface area contributed by atoms with Crippen LogP contribution in [-0.4, -0.2) is 40.6 Å². The molecule has 162 valence electrons. The second kappa shape index (κ2) is 9.43. The molecule has 1 saturated carbocycles. The quantitative estimate of drug-likeness (QED) is 0.511. The molecule has 0 bridgehead atoms. The fraction of sp³-hybridized carbons (Fsp3) is 0.348. The van der Waals surface area contributed by atoms with E-state index in [4.69, 9.17) is 9.47 Å². The number of carbonyl (C=O) groups is 1. The maximum absolute atomic E-state index is 12.7. The molecule has 4 rings (SSSR count). The number of aromatic nitrogens is 3. The Morgan fingerprint density at radius 3 is 2.26 bits per heavy atom. The molecule has 7 nitrogen and oxygen atoms in total. The van der Waals surface area contributed by atoms with E-state index in [1.165, 1.54) is 11.8 Å². The molecule has 31 heavy (non-hydrogen) atoms. The topological polar surface area (TPSA) is 78.3 Å². The number of rotatable bonds is 9. The highest BCUT2D eigenvalue weighted by atomic mass is 32.2. The molecule has 1 aliphatic rings. The van der Waals surface area contributed by atoms with Gasteiger partial charge in [-0.05, 0) is 60.7 Å². The molecule has 1 atom stereocenters. The molecule has 1 aromatic heterocycles. The molecule has 1 N–H and O–H groups in total. The van der Waals surface area contributed by atoms with Crippen molar-refractivity contribution >= 4 is 17.7 Å². The summed E-state index contributed by atoms with van der Waals surface area (Å²) < 4.78 is 12.3. The van der Waals surface area contributed by atoms with Crippen LogP contribution in [0.3, 0.4) is 0 Å². The third-order valence-corrected chi connectivity index (χ3v) is 6.42. The van der Waals surface area contributed by atoms with E-state index < -0.39 is 0 Å². The van der Waals surface area contributed by atoms with Crippen molar-refractivity contribution in [3.8, 4) is 22.9 Å². The molecule has 1 aliphatic carbocycles. The van der Waals surface area contributed by atoms with Crippen LogP contribution in [0.2, 0.25) is 0 Å². The molecule has 1 fully saturated rings. The lowest BCUT2D eigenvalue weighted by atomic mass is 10.0. The fourth-order valence-electron chi connectivity index (χ4n) is 3.49. The van der Waals surface area contributed by atoms with E-state index >= 15 is 0 Å². The van der Waals surface area contributed by atoms with Gasteiger partial charge in [-0.1, -0.05) is 23.9 Å². The number of benzene rings is 2. The van der Waals surface area contributed by atoms with Crippen molar-refractivity contribution in [1.29, 1.82) is 0 Å². The van der Waals surface area contributed by atoms with Gasteiger partial charge in [-0.3, -0.25) is 4.79 Å². The molecule has 1 unspecified atom stereocenters. The molecule has 1 heterocycles. The first-order valence-corrected chi connectivity index (χ1v) is 11.2. The second-order valence-corrected chi connectivity index (χ2v) is 8.48. The van der Waals surface area contributed by atoms with Gasteiger partial charge in [0.05, 0.1) is 26.0 Å². The monoisotopic (exact) mass is 438 g/mol. The first kappa shape index (κ1) is 21.2. The van der Waals surface area contributed by atoms with E-state index in [0.29, 0.717) is 11.1 Å². The highest BCUT2D eigenvalue weighted by molar-refractivity contribution is 7.99. The van der Waals surface area contributed by atoms with Gasteiger partial charge in [-0.15, -0.1) is 10.2 Å². The zero-order valence-electron chi connectivity index (χ0n) is 17.9. The summed E-state index contributed by atoms with van der Waals surface area (Å²) in [7, 11) is 5.20. The number of nitrogens with zero attached hydrogens (tertiary/aromatic N) is 3. The minimum absolute atomic E-state index is 0.00767. The number of thioether (sulfide) groups is 1. The van der Waals surface area contributed by atoms with Crippen LogP contribution in [0.15, 0.2) is 53.7 Å². The summed E-state index contributed by atoms with van der Waals surface area (Å²) in [6.07, 6.45) is 2.28. The second-order valence-electron chi connectivity index (χ2n) is 7.54. The summed E-state index contributed by atoms with van der Waals surface area (Å²) in [5.74, 6) is 3.13. The minimum atomic E-state index is -0.00767. The number of ether oxygens (including phenoxy) is 2. The fourth-order valence-corrected chi connectivity index (χ4v) is 4.21. The highest BCUT2D eigenvalue weighted by Gasteiger charge is 2.33. The Labute approximate surface area is 186 Å². The predicted octanol–water partition coefficient (Wildman–Crippen LogP) is 3.86. The number of carbonyl (C=O) groups excluding carboxylic acids is 1. The standard InChI is InChI=1S/C23H26N4O3S/c1-27-22(17-8-12-19(30-3)13-9-17)25-26-23(27)31-14-20(28)24-21(15-4-5-15)16-6-10-18(29-2)11-7-16/h6-13,15,21H,4-5,14H2,1-3H3,(H,24,28). The third kappa shape index (κ3) is 5.02. The van der Waals surface area contributed by atoms with Gasteiger partial charge in [0.1, 0.15) is 11.5 Å². The first-order chi connectivity index (χ1) is 15.1. The molecule has 0 spiro atoms. The zero-order valence-corrected chi connectivity index (χ0v) is 18.7. The summed E-state index contributed by atoms with van der Waals surface area (Å²) >= 11 is 1.39. The Morgan fingerprint density at radius 2 is 1.68 bits per heavy atom. The van der Waals surface area contributed by atoms with Crippen molar-refractivity contribution in [3.05, 3.63) is 54.1 Å². The van der Waals surface area contributed by atoms with Crippen molar-refractivity contribution < 1.29 is 14.3 Å². The van der Waals surface area contributed by atoms with Gasteiger partial charge in [-0.25, -0.2) is 0 Å². The molecule has 0 radical (unpaired) electrons. The average molecular weight is 439 g/mol. The molecule has 3 aromatic rings. The van der Waals surface area contributed by atoms with E-state index in [-0.39, 0.29) is 17.7 Å². The minimum Gasteiger partial charge on any atom is -0.497 e. The lowest BCUT2D eigenvalue weighted by Gasteiger charge is -2.19. The summed E-state index contributed by atoms with van der Waals surface area (Å²) in [6.45, 7) is 0. The van der Waals surface area contributed by atoms with Crippen molar-refractivity contribution in [2.24, 2.45) is 13.0 Å². The number of nitrogens with one attached hydrogen (secondary N) is 1. The van der Waals surface area contributed by atoms with Gasteiger partial charge in [0, 0.05) is 12.6 Å². The van der Waals surface area contributed by atoms with Gasteiger partial charge < -0.3 is 19.4 Å². The number of amides is 1. The number of methoxy groups -OCH3 is 2. The molecular weight excluding hydrogens is 412 g/mol. The molecule has 2 aromatic carbocycles. The van der Waals surface area contributed by atoms with Crippen LogP contribution in [0, 0.1) is 5.92 Å². The summed E-state index contributed by atoms with van der Waals surface area (Å²) in [5.41, 5.74) is 2.06. The van der Waals surface area contributed by atoms with Gasteiger partial charge in [-0.2, -0.15) is 0 Å². The summed E-state index contributed by atoms with van der Waals surface area (Å²) in [6, 6.07) is 15.6. The van der Waals surface area contributed by atoms with Crippen molar-refractivity contribution in [1.82, 2.24) is 20.1 Å². The highest BCUT2D eigenvalue weighted by Crippen LogP contribution is 2.41. The molecule has 8 heteroatoms. The SMILES string of the molecule is COc1ccc(-c2nnc(SCC(=O)NC(c3ccc(OC)cc3)C3CC3)n2C)cc1. The van der Waals surface area contributed by atoms with Crippen LogP contribution in [0.1, 0.15) is 24.4 Å². The lowest BCUT2D eigenvalue weighted by molar-refractivity contribution is -0.119. The van der Waals surface area contributed by atoms with E-state index in [1.807, 2.05) is 60.1 Å². The lowest BCUT2D eigenvalue weighted by Crippen LogP contribution is -2.31. The molecule has 1 amide bonds. The van der Waals surface area contributed by atoms with Crippen LogP contribution in [0.25, 0.3) is 11.4 Å². The summed E-state index contributed by atoms with van der Waals surface area (Å²) in [4.78, 5) is 12.7. The molecular formula is C23H26N4O3S. The van der Waals surface area contributed by atoms with Crippen LogP contribution >= 0.6 is 11.8 Å². The van der Waals surface area contributed by atoms with Crippen LogP contribution in [-0.2, 0) is 11.8 Å². The normalized spacial score (nSPS) is 14.2. The van der Waals surface area contributed by atoms with Crippen LogP contribution < -0.4 is 14.8 Å². The number of hydrogen-bond acceptors (Lipinski definition) is 6. The Balaban J connectivity index is 1.38. The molecule has 0 aliphatic heterocycles. The van der Waals surface area contributed by atoms with E-state index in [9.17, 15) is 4.79 Å². The maximum atomic E-state index is 12.7. The smallest absolute Gasteiger partial charge is 0.230 e. The van der Waals surface area contributed by atoms with Crippen LogP contribution in [0.4, 0.5) is 0 Å². The van der Waals surface area contributed by atoms with E-state index in [1.54, 1.807) is 14.2 Å². The van der Waals surface area contributed by atoms with Crippen molar-refractivity contribution in [2.45, 2.75) is 24.0 Å². The first-order valence-electron chi connectivity index (χ1n) is 10.2. The Kier molecular flexibility index (Phi) is 6.46. The van der Waals surface area contributed by atoms with E-state index in [0.717, 1.165) is 41.3 Å². The van der Waals surface area contributed by atoms with Crippen molar-refractivity contribution in [3.63, 3.8) is 0 Å². The summed E-state index contributed by atoms with van der Waals surface area (Å²) in [5, 5.41) is 12.5. The zero-order chi connectivity index (χ0) is 21.8. The Morgan fingerprint density at radius 1 is 1.06 bits per heavy atom. The number of hydrogen-bond donors (Lipinski definition) is 1. The Hall–Kier alpha value is -3.00. The van der Waals surface area contributed by atoms with Crippen molar-refractivity contribution in [2.75, 3.05) is 20.0 Å². The van der Waals surface area contributed by atoms with Gasteiger partial charge in [0.2, 0.25) is 5.91 Å². The van der Waals surface area contributed by atoms with E-state index in [2.05, 4.69) is 15.5 Å². The van der Waals surface area contributed by atoms with Gasteiger partial charge >= 0.3 is 0 Å². The molecule has 0 saturated heterocycles. The average Bonchev–Trinajstić information content (AvgIpc) is 3.59.